The summed E-state index contributed by atoms with van der Waals surface area (Å²) in [7, 11) is 0. The van der Waals surface area contributed by atoms with Crippen molar-refractivity contribution in [2.45, 2.75) is 218 Å². The Balaban J connectivity index is 1.17. The van der Waals surface area contributed by atoms with Crippen molar-refractivity contribution in [3.05, 3.63) is 69.8 Å². The van der Waals surface area contributed by atoms with E-state index in [1.807, 2.05) is 12.1 Å². The zero-order valence-electron chi connectivity index (χ0n) is 36.9. The maximum atomic E-state index is 16.2. The maximum absolute atomic E-state index is 16.2. The van der Waals surface area contributed by atoms with Crippen molar-refractivity contribution in [2.75, 3.05) is 0 Å². The highest BCUT2D eigenvalue weighted by Crippen LogP contribution is 2.48. The zero-order chi connectivity index (χ0) is 41.3. The van der Waals surface area contributed by atoms with E-state index in [-0.39, 0.29) is 59.8 Å². The topological polar surface area (TPSA) is 17.1 Å². The maximum Gasteiger partial charge on any atom is 0.273 e. The van der Waals surface area contributed by atoms with Gasteiger partial charge in [0, 0.05) is 35.1 Å². The molecule has 0 radical (unpaired) electrons. The van der Waals surface area contributed by atoms with Crippen molar-refractivity contribution < 1.29 is 22.4 Å². The normalized spacial score (nSPS) is 28.7. The van der Waals surface area contributed by atoms with Crippen LogP contribution in [0.2, 0.25) is 0 Å². The van der Waals surface area contributed by atoms with Gasteiger partial charge < -0.3 is 0 Å². The van der Waals surface area contributed by atoms with Gasteiger partial charge in [0.1, 0.15) is 0 Å². The molecule has 0 aromatic heterocycles. The fourth-order valence-electron chi connectivity index (χ4n) is 12.4. The highest BCUT2D eigenvalue weighted by molar-refractivity contribution is 6.11. The van der Waals surface area contributed by atoms with Crippen LogP contribution in [-0.4, -0.2) is 5.78 Å². The van der Waals surface area contributed by atoms with E-state index in [1.54, 1.807) is 38.1 Å². The standard InChI is InChI=1S/C53H78F4O/c1-5-9-11-37-13-17-39(18-14-37)41-21-25-43(26-22-41)45-29-31-47(49(35-45)52(54,55)33-7-3)51(58)48-32-30-46(36-50(48)53(56,57)34-8-4)44-27-23-42(24-28-44)40-19-15-38(16-20-40)12-10-6-2/h29-32,35-44H,5-28,33-34H2,1-4H3. The molecule has 1 nitrogen and oxygen atoms in total. The van der Waals surface area contributed by atoms with E-state index >= 15 is 17.6 Å². The van der Waals surface area contributed by atoms with Gasteiger partial charge in [0.2, 0.25) is 0 Å². The quantitative estimate of drug-likeness (QED) is 0.108. The van der Waals surface area contributed by atoms with Gasteiger partial charge >= 0.3 is 0 Å². The third-order valence-electron chi connectivity index (χ3n) is 16.0. The lowest BCUT2D eigenvalue weighted by Crippen LogP contribution is -2.26. The molecule has 0 saturated heterocycles. The molecule has 4 aliphatic carbocycles. The van der Waals surface area contributed by atoms with E-state index in [1.165, 1.54) is 89.9 Å². The van der Waals surface area contributed by atoms with Crippen molar-refractivity contribution in [2.24, 2.45) is 35.5 Å². The Morgan fingerprint density at radius 1 is 0.483 bits per heavy atom. The monoisotopic (exact) mass is 807 g/mol. The Morgan fingerprint density at radius 3 is 1.12 bits per heavy atom. The first kappa shape index (κ1) is 45.4. The molecule has 4 fully saturated rings. The van der Waals surface area contributed by atoms with Gasteiger partial charge in [0.05, 0.1) is 0 Å². The van der Waals surface area contributed by atoms with Crippen molar-refractivity contribution in [1.82, 2.24) is 0 Å². The summed E-state index contributed by atoms with van der Waals surface area (Å²) in [5.74, 6) is -2.03. The van der Waals surface area contributed by atoms with Crippen LogP contribution in [0.1, 0.15) is 245 Å². The molecule has 5 heteroatoms. The number of hydrogen-bond donors (Lipinski definition) is 0. The molecule has 324 valence electrons. The van der Waals surface area contributed by atoms with Crippen molar-refractivity contribution >= 4 is 5.78 Å². The third kappa shape index (κ3) is 11.2. The molecule has 2 aromatic carbocycles. The lowest BCUT2D eigenvalue weighted by molar-refractivity contribution is -0.0152. The molecule has 0 bridgehead atoms. The molecule has 0 spiro atoms. The lowest BCUT2D eigenvalue weighted by Gasteiger charge is -2.38. The summed E-state index contributed by atoms with van der Waals surface area (Å²) in [6, 6.07) is 9.99. The molecular weight excluding hydrogens is 729 g/mol. The van der Waals surface area contributed by atoms with Crippen LogP contribution in [0.15, 0.2) is 36.4 Å². The molecule has 2 aromatic rings. The minimum absolute atomic E-state index is 0.123. The van der Waals surface area contributed by atoms with Crippen LogP contribution in [0.4, 0.5) is 17.6 Å². The largest absolute Gasteiger partial charge is 0.289 e. The van der Waals surface area contributed by atoms with Crippen molar-refractivity contribution in [1.29, 1.82) is 0 Å². The molecule has 0 amide bonds. The Morgan fingerprint density at radius 2 is 0.810 bits per heavy atom. The van der Waals surface area contributed by atoms with Gasteiger partial charge in [0.25, 0.3) is 11.8 Å². The smallest absolute Gasteiger partial charge is 0.273 e. The van der Waals surface area contributed by atoms with E-state index in [9.17, 15) is 4.79 Å². The number of carbonyl (C=O) groups excluding carboxylic acids is 1. The van der Waals surface area contributed by atoms with E-state index in [0.717, 1.165) is 86.2 Å². The van der Waals surface area contributed by atoms with Crippen LogP contribution in [0.5, 0.6) is 0 Å². The van der Waals surface area contributed by atoms with E-state index in [2.05, 4.69) is 13.8 Å². The molecule has 4 saturated carbocycles. The molecular formula is C53H78F4O. The van der Waals surface area contributed by atoms with Gasteiger partial charge in [-0.2, -0.15) is 0 Å². The second-order valence-electron chi connectivity index (χ2n) is 19.9. The van der Waals surface area contributed by atoms with Gasteiger partial charge in [-0.05, 0) is 148 Å². The molecule has 6 rings (SSSR count). The van der Waals surface area contributed by atoms with E-state index in [0.29, 0.717) is 11.8 Å². The minimum atomic E-state index is -3.23. The van der Waals surface area contributed by atoms with E-state index < -0.39 is 17.6 Å². The average Bonchev–Trinajstić information content (AvgIpc) is 3.25. The number of rotatable bonds is 18. The van der Waals surface area contributed by atoms with Gasteiger partial charge in [-0.1, -0.05) is 129 Å². The average molecular weight is 807 g/mol. The minimum Gasteiger partial charge on any atom is -0.289 e. The number of benzene rings is 2. The first-order valence-electron chi connectivity index (χ1n) is 24.6. The SMILES string of the molecule is CCCCC1CCC(C2CCC(c3ccc(C(=O)c4ccc(C5CCC(C6CCC(CCCC)CC6)CC5)cc4C(F)(F)CCC)c(C(F)(F)CCC)c3)CC2)CC1. The molecule has 0 aliphatic heterocycles. The fraction of sp³-hybridized carbons (Fsp3) is 0.755. The number of alkyl halides is 4. The molecule has 4 aliphatic rings. The zero-order valence-corrected chi connectivity index (χ0v) is 36.9. The highest BCUT2D eigenvalue weighted by Gasteiger charge is 2.40. The predicted octanol–water partition coefficient (Wildman–Crippen LogP) is 17.2. The predicted molar refractivity (Wildman–Crippen MR) is 233 cm³/mol. The summed E-state index contributed by atoms with van der Waals surface area (Å²) < 4.78 is 64.6. The fourth-order valence-corrected chi connectivity index (χ4v) is 12.4. The summed E-state index contributed by atoms with van der Waals surface area (Å²) in [6.07, 6.45) is 26.8. The van der Waals surface area contributed by atoms with Crippen LogP contribution in [0.3, 0.4) is 0 Å². The molecule has 0 unspecified atom stereocenters. The Labute approximate surface area is 350 Å². The van der Waals surface area contributed by atoms with E-state index in [4.69, 9.17) is 0 Å². The second kappa shape index (κ2) is 21.1. The van der Waals surface area contributed by atoms with Crippen molar-refractivity contribution in [3.63, 3.8) is 0 Å². The molecule has 58 heavy (non-hydrogen) atoms. The number of halogens is 4. The Hall–Kier alpha value is -2.17. The number of unbranched alkanes of at least 4 members (excludes halogenated alkanes) is 2. The summed E-state index contributed by atoms with van der Waals surface area (Å²) in [5.41, 5.74) is 0.933. The lowest BCUT2D eigenvalue weighted by atomic mass is 9.67. The Bertz CT molecular complexity index is 1450. The van der Waals surface area contributed by atoms with Gasteiger partial charge in [-0.3, -0.25) is 4.79 Å². The second-order valence-corrected chi connectivity index (χ2v) is 19.9. The van der Waals surface area contributed by atoms with Gasteiger partial charge in [-0.25, -0.2) is 17.6 Å². The van der Waals surface area contributed by atoms with Gasteiger partial charge in [0.15, 0.2) is 5.78 Å². The van der Waals surface area contributed by atoms with Crippen LogP contribution in [0.25, 0.3) is 0 Å². The molecule has 0 heterocycles. The van der Waals surface area contributed by atoms with Crippen LogP contribution >= 0.6 is 0 Å². The first-order valence-corrected chi connectivity index (χ1v) is 24.6. The molecule has 0 N–H and O–H groups in total. The van der Waals surface area contributed by atoms with Crippen LogP contribution in [0, 0.1) is 35.5 Å². The van der Waals surface area contributed by atoms with Gasteiger partial charge in [-0.15, -0.1) is 0 Å². The highest BCUT2D eigenvalue weighted by atomic mass is 19.3. The summed E-state index contributed by atoms with van der Waals surface area (Å²) in [5, 5.41) is 0. The summed E-state index contributed by atoms with van der Waals surface area (Å²) in [6.45, 7) is 8.01. The van der Waals surface area contributed by atoms with Crippen LogP contribution in [-0.2, 0) is 11.8 Å². The number of carbonyl (C=O) groups is 1. The van der Waals surface area contributed by atoms with Crippen LogP contribution < -0.4 is 0 Å². The summed E-state index contributed by atoms with van der Waals surface area (Å²) in [4.78, 5) is 14.5. The Kier molecular flexibility index (Phi) is 16.5. The summed E-state index contributed by atoms with van der Waals surface area (Å²) >= 11 is 0. The van der Waals surface area contributed by atoms with Crippen molar-refractivity contribution in [3.8, 4) is 0 Å². The third-order valence-corrected chi connectivity index (χ3v) is 16.0. The molecule has 0 atom stereocenters. The first-order chi connectivity index (χ1) is 28.0. The number of hydrogen-bond acceptors (Lipinski definition) is 1. The number of ketones is 1.